The second-order valence-corrected chi connectivity index (χ2v) is 7.10. The summed E-state index contributed by atoms with van der Waals surface area (Å²) in [6.45, 7) is 3.29. The molecule has 2 rings (SSSR count). The molecule has 0 amide bonds. The summed E-state index contributed by atoms with van der Waals surface area (Å²) in [4.78, 5) is 0. The number of nitriles is 1. The minimum Gasteiger partial charge on any atom is -0.348 e. The van der Waals surface area contributed by atoms with Crippen LogP contribution in [0.3, 0.4) is 0 Å². The molecule has 0 N–H and O–H groups in total. The van der Waals surface area contributed by atoms with Crippen LogP contribution < -0.4 is 0 Å². The van der Waals surface area contributed by atoms with Crippen molar-refractivity contribution < 1.29 is 18.3 Å². The van der Waals surface area contributed by atoms with Crippen molar-refractivity contribution in [2.24, 2.45) is 5.92 Å². The standard InChI is InChI=1S/C21H29F2NO2/c1-2-3-4-5-6-7-8-9-10-16-14-25-21(26-15-16)17-11-19(22)18(13-24)20(23)12-17/h11-12,16,21H,2-10,14-15H2,1H3/t16-,21-. The maximum Gasteiger partial charge on any atom is 0.184 e. The van der Waals surface area contributed by atoms with Crippen molar-refractivity contribution in [3.8, 4) is 6.07 Å². The van der Waals surface area contributed by atoms with Crippen molar-refractivity contribution >= 4 is 0 Å². The van der Waals surface area contributed by atoms with Gasteiger partial charge >= 0.3 is 0 Å². The summed E-state index contributed by atoms with van der Waals surface area (Å²) in [6, 6.07) is 3.75. The molecule has 0 aliphatic carbocycles. The van der Waals surface area contributed by atoms with Gasteiger partial charge in [0, 0.05) is 11.5 Å². The molecule has 0 spiro atoms. The van der Waals surface area contributed by atoms with Gasteiger partial charge in [-0.15, -0.1) is 0 Å². The Morgan fingerprint density at radius 1 is 0.962 bits per heavy atom. The highest BCUT2D eigenvalue weighted by Gasteiger charge is 2.25. The first-order valence-corrected chi connectivity index (χ1v) is 9.78. The first-order valence-electron chi connectivity index (χ1n) is 9.78. The van der Waals surface area contributed by atoms with Crippen LogP contribution in [0.2, 0.25) is 0 Å². The molecule has 1 aliphatic heterocycles. The summed E-state index contributed by atoms with van der Waals surface area (Å²) in [6.07, 6.45) is 10.6. The van der Waals surface area contributed by atoms with E-state index >= 15 is 0 Å². The van der Waals surface area contributed by atoms with Crippen LogP contribution in [0.25, 0.3) is 0 Å². The summed E-state index contributed by atoms with van der Waals surface area (Å²) >= 11 is 0. The highest BCUT2D eigenvalue weighted by molar-refractivity contribution is 5.35. The maximum absolute atomic E-state index is 13.7. The summed E-state index contributed by atoms with van der Waals surface area (Å²) in [7, 11) is 0. The van der Waals surface area contributed by atoms with Gasteiger partial charge in [0.25, 0.3) is 0 Å². The predicted molar refractivity (Wildman–Crippen MR) is 96.4 cm³/mol. The zero-order valence-corrected chi connectivity index (χ0v) is 15.6. The maximum atomic E-state index is 13.7. The third kappa shape index (κ3) is 6.34. The van der Waals surface area contributed by atoms with Gasteiger partial charge in [-0.2, -0.15) is 5.26 Å². The van der Waals surface area contributed by atoms with Gasteiger partial charge in [0.2, 0.25) is 0 Å². The van der Waals surface area contributed by atoms with Crippen molar-refractivity contribution in [2.75, 3.05) is 13.2 Å². The molecular weight excluding hydrogens is 336 g/mol. The quantitative estimate of drug-likeness (QED) is 0.476. The van der Waals surface area contributed by atoms with Gasteiger partial charge in [-0.05, 0) is 18.6 Å². The average Bonchev–Trinajstić information content (AvgIpc) is 2.64. The molecule has 1 heterocycles. The smallest absolute Gasteiger partial charge is 0.184 e. The number of hydrogen-bond donors (Lipinski definition) is 0. The average molecular weight is 365 g/mol. The molecule has 0 saturated carbocycles. The van der Waals surface area contributed by atoms with Gasteiger partial charge in [-0.1, -0.05) is 58.3 Å². The molecule has 0 atom stereocenters. The van der Waals surface area contributed by atoms with E-state index in [9.17, 15) is 8.78 Å². The van der Waals surface area contributed by atoms with E-state index in [1.165, 1.54) is 51.0 Å². The van der Waals surface area contributed by atoms with Crippen LogP contribution in [0, 0.1) is 28.9 Å². The van der Waals surface area contributed by atoms with Gasteiger partial charge < -0.3 is 9.47 Å². The summed E-state index contributed by atoms with van der Waals surface area (Å²) in [5, 5.41) is 8.72. The molecule has 1 fully saturated rings. The minimum atomic E-state index is -0.879. The molecule has 3 nitrogen and oxygen atoms in total. The molecule has 0 unspecified atom stereocenters. The van der Waals surface area contributed by atoms with E-state index in [-0.39, 0.29) is 5.56 Å². The first-order chi connectivity index (χ1) is 12.7. The number of hydrogen-bond acceptors (Lipinski definition) is 3. The Morgan fingerprint density at radius 2 is 1.50 bits per heavy atom. The summed E-state index contributed by atoms with van der Waals surface area (Å²) < 4.78 is 38.7. The third-order valence-corrected chi connectivity index (χ3v) is 4.88. The van der Waals surface area contributed by atoms with E-state index in [0.717, 1.165) is 25.0 Å². The van der Waals surface area contributed by atoms with Crippen LogP contribution in [0.5, 0.6) is 0 Å². The summed E-state index contributed by atoms with van der Waals surface area (Å²) in [5.41, 5.74) is -0.290. The summed E-state index contributed by atoms with van der Waals surface area (Å²) in [5.74, 6) is -1.43. The fourth-order valence-electron chi connectivity index (χ4n) is 3.30. The number of ether oxygens (including phenoxy) is 2. The Kier molecular flexibility index (Phi) is 9.00. The molecule has 1 aromatic carbocycles. The van der Waals surface area contributed by atoms with Gasteiger partial charge in [0.1, 0.15) is 23.3 Å². The normalized spacial score (nSPS) is 20.1. The minimum absolute atomic E-state index is 0.282. The van der Waals surface area contributed by atoms with Gasteiger partial charge in [-0.25, -0.2) is 8.78 Å². The topological polar surface area (TPSA) is 42.2 Å². The third-order valence-electron chi connectivity index (χ3n) is 4.88. The van der Waals surface area contributed by atoms with Crippen LogP contribution >= 0.6 is 0 Å². The largest absolute Gasteiger partial charge is 0.348 e. The molecule has 1 saturated heterocycles. The molecular formula is C21H29F2NO2. The SMILES string of the molecule is CCCCCCCCCC[C@H]1CO[C@H](c2cc(F)c(C#N)c(F)c2)OC1. The van der Waals surface area contributed by atoms with Gasteiger partial charge in [-0.3, -0.25) is 0 Å². The predicted octanol–water partition coefficient (Wildman–Crippen LogP) is 6.03. The molecule has 1 aliphatic rings. The van der Waals surface area contributed by atoms with E-state index in [0.29, 0.717) is 19.1 Å². The second kappa shape index (κ2) is 11.3. The van der Waals surface area contributed by atoms with Crippen LogP contribution in [-0.2, 0) is 9.47 Å². The van der Waals surface area contributed by atoms with E-state index in [1.54, 1.807) is 0 Å². The molecule has 144 valence electrons. The molecule has 5 heteroatoms. The Morgan fingerprint density at radius 3 is 2.04 bits per heavy atom. The number of benzene rings is 1. The van der Waals surface area contributed by atoms with Crippen LogP contribution in [0.4, 0.5) is 8.78 Å². The van der Waals surface area contributed by atoms with Crippen LogP contribution in [-0.4, -0.2) is 13.2 Å². The van der Waals surface area contributed by atoms with E-state index in [4.69, 9.17) is 14.7 Å². The van der Waals surface area contributed by atoms with E-state index in [2.05, 4.69) is 6.92 Å². The number of rotatable bonds is 10. The Labute approximate surface area is 155 Å². The van der Waals surface area contributed by atoms with Gasteiger partial charge in [0.05, 0.1) is 13.2 Å². The Balaban J connectivity index is 1.66. The lowest BCUT2D eigenvalue weighted by Gasteiger charge is -2.29. The number of unbranched alkanes of at least 4 members (excludes halogenated alkanes) is 7. The van der Waals surface area contributed by atoms with E-state index in [1.807, 2.05) is 0 Å². The lowest BCUT2D eigenvalue weighted by molar-refractivity contribution is -0.206. The van der Waals surface area contributed by atoms with Crippen LogP contribution in [0.1, 0.15) is 82.1 Å². The fourth-order valence-corrected chi connectivity index (χ4v) is 3.30. The van der Waals surface area contributed by atoms with Crippen molar-refractivity contribution in [1.29, 1.82) is 5.26 Å². The second-order valence-electron chi connectivity index (χ2n) is 7.10. The van der Waals surface area contributed by atoms with Gasteiger partial charge in [0.15, 0.2) is 6.29 Å². The molecule has 26 heavy (non-hydrogen) atoms. The lowest BCUT2D eigenvalue weighted by atomic mass is 10.0. The monoisotopic (exact) mass is 365 g/mol. The van der Waals surface area contributed by atoms with Crippen molar-refractivity contribution in [2.45, 2.75) is 71.0 Å². The highest BCUT2D eigenvalue weighted by atomic mass is 19.1. The zero-order valence-electron chi connectivity index (χ0n) is 15.6. The zero-order chi connectivity index (χ0) is 18.8. The number of halogens is 2. The molecule has 0 bridgehead atoms. The number of nitrogens with zero attached hydrogens (tertiary/aromatic N) is 1. The molecule has 0 aromatic heterocycles. The van der Waals surface area contributed by atoms with Crippen LogP contribution in [0.15, 0.2) is 12.1 Å². The Bertz CT molecular complexity index is 569. The van der Waals surface area contributed by atoms with Crippen molar-refractivity contribution in [3.63, 3.8) is 0 Å². The van der Waals surface area contributed by atoms with Crippen molar-refractivity contribution in [1.82, 2.24) is 0 Å². The first kappa shape index (κ1) is 20.8. The van der Waals surface area contributed by atoms with E-state index < -0.39 is 23.5 Å². The van der Waals surface area contributed by atoms with Crippen molar-refractivity contribution in [3.05, 3.63) is 34.9 Å². The highest BCUT2D eigenvalue weighted by Crippen LogP contribution is 2.29. The molecule has 1 aromatic rings. The lowest BCUT2D eigenvalue weighted by Crippen LogP contribution is -2.27. The fraction of sp³-hybridized carbons (Fsp3) is 0.667. The molecule has 0 radical (unpaired) electrons. The Hall–Kier alpha value is -1.51.